The molecular weight excluding hydrogens is 286 g/mol. The zero-order valence-electron chi connectivity index (χ0n) is 12.3. The molecule has 118 valence electrons. The van der Waals surface area contributed by atoms with Gasteiger partial charge in [0.1, 0.15) is 0 Å². The second kappa shape index (κ2) is 6.37. The van der Waals surface area contributed by atoms with Crippen LogP contribution in [0.15, 0.2) is 30.9 Å². The van der Waals surface area contributed by atoms with E-state index in [-0.39, 0.29) is 19.2 Å². The summed E-state index contributed by atoms with van der Waals surface area (Å²) >= 11 is 0. The first-order valence-electron chi connectivity index (χ1n) is 7.29. The number of nitrogens with one attached hydrogen (secondary N) is 1. The molecule has 1 N–H and O–H groups in total. The van der Waals surface area contributed by atoms with Crippen molar-refractivity contribution in [2.24, 2.45) is 0 Å². The van der Waals surface area contributed by atoms with Crippen molar-refractivity contribution in [2.45, 2.75) is 18.6 Å². The molecule has 1 aromatic carbocycles. The lowest BCUT2D eigenvalue weighted by Crippen LogP contribution is -2.41. The molecule has 0 aliphatic carbocycles. The highest BCUT2D eigenvalue weighted by Gasteiger charge is 2.40. The number of hydrogen-bond donors (Lipinski definition) is 1. The predicted octanol–water partition coefficient (Wildman–Crippen LogP) is 1.70. The lowest BCUT2D eigenvalue weighted by Gasteiger charge is -2.28. The van der Waals surface area contributed by atoms with Crippen molar-refractivity contribution >= 4 is 5.91 Å². The molecule has 1 fully saturated rings. The second-order valence-electron chi connectivity index (χ2n) is 5.12. The maximum Gasteiger partial charge on any atom is 0.231 e. The molecule has 1 amide bonds. The second-order valence-corrected chi connectivity index (χ2v) is 5.12. The highest BCUT2D eigenvalue weighted by Crippen LogP contribution is 2.38. The van der Waals surface area contributed by atoms with E-state index in [4.69, 9.17) is 18.9 Å². The average molecular weight is 305 g/mol. The molecule has 22 heavy (non-hydrogen) atoms. The number of ether oxygens (including phenoxy) is 4. The summed E-state index contributed by atoms with van der Waals surface area (Å²) in [6.45, 7) is 5.04. The fraction of sp³-hybridized carbons (Fsp3) is 0.438. The van der Waals surface area contributed by atoms with E-state index in [0.29, 0.717) is 37.6 Å². The van der Waals surface area contributed by atoms with Gasteiger partial charge in [-0.25, -0.2) is 0 Å². The quantitative estimate of drug-likeness (QED) is 0.810. The Bertz CT molecular complexity index is 566. The standard InChI is InChI=1S/C16H19NO5/c1-2-3-4-15(18)17-10-16(21-7-8-22-16)12-5-6-13-14(9-12)20-11-19-13/h2,5-6,9H,1,3-4,7-8,10-11H2,(H,17,18). The normalized spacial score (nSPS) is 18.2. The van der Waals surface area contributed by atoms with E-state index in [1.807, 2.05) is 18.2 Å². The molecule has 0 unspecified atom stereocenters. The predicted molar refractivity (Wildman–Crippen MR) is 78.6 cm³/mol. The molecule has 0 saturated carbocycles. The smallest absolute Gasteiger partial charge is 0.231 e. The number of allylic oxidation sites excluding steroid dienone is 1. The lowest BCUT2D eigenvalue weighted by atomic mass is 10.0. The molecule has 0 bridgehead atoms. The zero-order valence-corrected chi connectivity index (χ0v) is 12.3. The van der Waals surface area contributed by atoms with E-state index >= 15 is 0 Å². The first-order valence-corrected chi connectivity index (χ1v) is 7.29. The number of carbonyl (C=O) groups excluding carboxylic acids is 1. The summed E-state index contributed by atoms with van der Waals surface area (Å²) in [6, 6.07) is 5.53. The molecule has 0 radical (unpaired) electrons. The summed E-state index contributed by atoms with van der Waals surface area (Å²) in [5, 5.41) is 2.86. The molecule has 1 saturated heterocycles. The van der Waals surface area contributed by atoms with Gasteiger partial charge in [0.2, 0.25) is 18.5 Å². The van der Waals surface area contributed by atoms with Gasteiger partial charge in [0.25, 0.3) is 0 Å². The Morgan fingerprint density at radius 3 is 2.82 bits per heavy atom. The third kappa shape index (κ3) is 2.93. The van der Waals surface area contributed by atoms with Gasteiger partial charge in [-0.2, -0.15) is 0 Å². The van der Waals surface area contributed by atoms with Gasteiger partial charge in [0, 0.05) is 12.0 Å². The minimum absolute atomic E-state index is 0.0564. The fourth-order valence-electron chi connectivity index (χ4n) is 2.50. The van der Waals surface area contributed by atoms with Crippen LogP contribution in [0.25, 0.3) is 0 Å². The molecule has 2 aliphatic heterocycles. The molecule has 0 atom stereocenters. The molecule has 0 spiro atoms. The molecule has 0 aromatic heterocycles. The van der Waals surface area contributed by atoms with E-state index in [1.165, 1.54) is 0 Å². The summed E-state index contributed by atoms with van der Waals surface area (Å²) in [5.41, 5.74) is 0.804. The van der Waals surface area contributed by atoms with E-state index in [2.05, 4.69) is 11.9 Å². The first-order chi connectivity index (χ1) is 10.7. The van der Waals surface area contributed by atoms with Gasteiger partial charge in [0.05, 0.1) is 19.8 Å². The minimum atomic E-state index is -0.967. The number of benzene rings is 1. The number of fused-ring (bicyclic) bond motifs is 1. The molecule has 6 heteroatoms. The van der Waals surface area contributed by atoms with Gasteiger partial charge in [-0.3, -0.25) is 4.79 Å². The lowest BCUT2D eigenvalue weighted by molar-refractivity contribution is -0.165. The van der Waals surface area contributed by atoms with Crippen LogP contribution in [-0.2, 0) is 20.1 Å². The maximum atomic E-state index is 11.8. The highest BCUT2D eigenvalue weighted by atomic mass is 16.7. The van der Waals surface area contributed by atoms with E-state index in [9.17, 15) is 4.79 Å². The van der Waals surface area contributed by atoms with E-state index in [1.54, 1.807) is 6.08 Å². The molecule has 2 aliphatic rings. The third-order valence-electron chi connectivity index (χ3n) is 3.66. The van der Waals surface area contributed by atoms with Crippen LogP contribution in [0, 0.1) is 0 Å². The van der Waals surface area contributed by atoms with Gasteiger partial charge in [-0.15, -0.1) is 6.58 Å². The molecular formula is C16H19NO5. The van der Waals surface area contributed by atoms with Crippen LogP contribution in [-0.4, -0.2) is 32.5 Å². The van der Waals surface area contributed by atoms with Crippen molar-refractivity contribution in [1.82, 2.24) is 5.32 Å². The fourth-order valence-corrected chi connectivity index (χ4v) is 2.50. The van der Waals surface area contributed by atoms with E-state index < -0.39 is 5.79 Å². The number of rotatable bonds is 6. The van der Waals surface area contributed by atoms with Crippen LogP contribution in [0.3, 0.4) is 0 Å². The average Bonchev–Trinajstić information content (AvgIpc) is 3.19. The van der Waals surface area contributed by atoms with Crippen LogP contribution in [0.4, 0.5) is 0 Å². The Balaban J connectivity index is 1.74. The van der Waals surface area contributed by atoms with Gasteiger partial charge in [0.15, 0.2) is 11.5 Å². The van der Waals surface area contributed by atoms with Crippen molar-refractivity contribution in [1.29, 1.82) is 0 Å². The number of amides is 1. The van der Waals surface area contributed by atoms with Gasteiger partial charge < -0.3 is 24.3 Å². The first kappa shape index (κ1) is 14.9. The van der Waals surface area contributed by atoms with Gasteiger partial charge in [-0.1, -0.05) is 6.08 Å². The van der Waals surface area contributed by atoms with Crippen molar-refractivity contribution in [3.8, 4) is 11.5 Å². The van der Waals surface area contributed by atoms with Crippen LogP contribution in [0.2, 0.25) is 0 Å². The summed E-state index contributed by atoms with van der Waals surface area (Å²) < 4.78 is 22.3. The topological polar surface area (TPSA) is 66.0 Å². The molecule has 2 heterocycles. The summed E-state index contributed by atoms with van der Waals surface area (Å²) in [6.07, 6.45) is 2.76. The monoisotopic (exact) mass is 305 g/mol. The van der Waals surface area contributed by atoms with Crippen molar-refractivity contribution < 1.29 is 23.7 Å². The SMILES string of the molecule is C=CCCC(=O)NCC1(c2ccc3c(c2)OCO3)OCCO1. The summed E-state index contributed by atoms with van der Waals surface area (Å²) in [4.78, 5) is 11.8. The van der Waals surface area contributed by atoms with Gasteiger partial charge >= 0.3 is 0 Å². The molecule has 1 aromatic rings. The largest absolute Gasteiger partial charge is 0.454 e. The maximum absolute atomic E-state index is 11.8. The Morgan fingerprint density at radius 2 is 2.05 bits per heavy atom. The van der Waals surface area contributed by atoms with Gasteiger partial charge in [-0.05, 0) is 24.6 Å². The Kier molecular flexibility index (Phi) is 4.31. The molecule has 3 rings (SSSR count). The molecule has 6 nitrogen and oxygen atoms in total. The van der Waals surface area contributed by atoms with Crippen LogP contribution < -0.4 is 14.8 Å². The number of carbonyl (C=O) groups is 1. The summed E-state index contributed by atoms with van der Waals surface area (Å²) in [5.74, 6) is 0.338. The Labute approximate surface area is 129 Å². The summed E-state index contributed by atoms with van der Waals surface area (Å²) in [7, 11) is 0. The van der Waals surface area contributed by atoms with Crippen molar-refractivity contribution in [2.75, 3.05) is 26.6 Å². The minimum Gasteiger partial charge on any atom is -0.454 e. The Morgan fingerprint density at radius 1 is 1.27 bits per heavy atom. The Hall–Kier alpha value is -2.05. The van der Waals surface area contributed by atoms with Crippen molar-refractivity contribution in [3.63, 3.8) is 0 Å². The third-order valence-corrected chi connectivity index (χ3v) is 3.66. The van der Waals surface area contributed by atoms with E-state index in [0.717, 1.165) is 5.56 Å². The zero-order chi connectivity index (χ0) is 15.4. The number of hydrogen-bond acceptors (Lipinski definition) is 5. The van der Waals surface area contributed by atoms with Crippen LogP contribution >= 0.6 is 0 Å². The van der Waals surface area contributed by atoms with Crippen LogP contribution in [0.5, 0.6) is 11.5 Å². The van der Waals surface area contributed by atoms with Crippen molar-refractivity contribution in [3.05, 3.63) is 36.4 Å². The van der Waals surface area contributed by atoms with Crippen LogP contribution in [0.1, 0.15) is 18.4 Å². The highest BCUT2D eigenvalue weighted by molar-refractivity contribution is 5.76.